The summed E-state index contributed by atoms with van der Waals surface area (Å²) in [6, 6.07) is 0. The fourth-order valence-corrected chi connectivity index (χ4v) is 3.37. The topological polar surface area (TPSA) is 0 Å². The molecule has 0 N–H and O–H groups in total. The highest BCUT2D eigenvalue weighted by Crippen LogP contribution is 2.47. The molecule has 1 fully saturated rings. The molecule has 2 aliphatic carbocycles. The fourth-order valence-electron chi connectivity index (χ4n) is 3.37. The molecule has 0 aliphatic heterocycles. The summed E-state index contributed by atoms with van der Waals surface area (Å²) in [5, 5.41) is 0. The van der Waals surface area contributed by atoms with Gasteiger partial charge < -0.3 is 0 Å². The summed E-state index contributed by atoms with van der Waals surface area (Å²) >= 11 is 0. The van der Waals surface area contributed by atoms with E-state index in [2.05, 4.69) is 39.8 Å². The summed E-state index contributed by atoms with van der Waals surface area (Å²) < 4.78 is 0. The van der Waals surface area contributed by atoms with Crippen LogP contribution >= 0.6 is 0 Å². The molecule has 0 aromatic rings. The van der Waals surface area contributed by atoms with Crippen LogP contribution in [-0.2, 0) is 0 Å². The molecule has 0 saturated heterocycles. The third-order valence-electron chi connectivity index (χ3n) is 4.28. The van der Waals surface area contributed by atoms with Gasteiger partial charge in [0.1, 0.15) is 0 Å². The van der Waals surface area contributed by atoms with Crippen LogP contribution in [0.3, 0.4) is 0 Å². The van der Waals surface area contributed by atoms with Gasteiger partial charge in [0.2, 0.25) is 0 Å². The second kappa shape index (κ2) is 4.15. The molecule has 2 aliphatic rings. The van der Waals surface area contributed by atoms with E-state index >= 15 is 0 Å². The van der Waals surface area contributed by atoms with Crippen LogP contribution in [0, 0.1) is 23.7 Å². The standard InChI is InChI=1S/C15H24/c1-10(2)9-15-12(4)5-7-13-11(3)6-8-14(13)15/h8-9,11-13,15H,5-7H2,1-4H3/t11-,12-,13+,15-/m0/s1. The van der Waals surface area contributed by atoms with Crippen LogP contribution in [0.5, 0.6) is 0 Å². The Kier molecular flexibility index (Phi) is 3.04. The number of fused-ring (bicyclic) bond motifs is 1. The predicted octanol–water partition coefficient (Wildman–Crippen LogP) is 4.58. The normalized spacial score (nSPS) is 39.6. The monoisotopic (exact) mass is 204 g/mol. The Balaban J connectivity index is 2.23. The lowest BCUT2D eigenvalue weighted by atomic mass is 9.70. The first kappa shape index (κ1) is 11.0. The molecule has 0 spiro atoms. The molecule has 0 bridgehead atoms. The van der Waals surface area contributed by atoms with Crippen molar-refractivity contribution in [1.29, 1.82) is 0 Å². The molecular weight excluding hydrogens is 180 g/mol. The molecule has 2 rings (SSSR count). The minimum Gasteiger partial charge on any atom is -0.0841 e. The molecule has 0 aromatic heterocycles. The largest absolute Gasteiger partial charge is 0.0841 e. The second-order valence-corrected chi connectivity index (χ2v) is 5.85. The lowest BCUT2D eigenvalue weighted by Gasteiger charge is -2.35. The summed E-state index contributed by atoms with van der Waals surface area (Å²) in [5.41, 5.74) is 3.25. The molecule has 0 radical (unpaired) electrons. The van der Waals surface area contributed by atoms with Crippen LogP contribution in [0.2, 0.25) is 0 Å². The first-order valence-electron chi connectivity index (χ1n) is 6.44. The van der Waals surface area contributed by atoms with E-state index in [4.69, 9.17) is 0 Å². The van der Waals surface area contributed by atoms with E-state index < -0.39 is 0 Å². The van der Waals surface area contributed by atoms with Crippen molar-refractivity contribution >= 4 is 0 Å². The lowest BCUT2D eigenvalue weighted by Crippen LogP contribution is -2.25. The van der Waals surface area contributed by atoms with Crippen LogP contribution in [0.15, 0.2) is 23.3 Å². The van der Waals surface area contributed by atoms with Gasteiger partial charge in [-0.05, 0) is 50.9 Å². The number of allylic oxidation sites excluding steroid dienone is 4. The van der Waals surface area contributed by atoms with Crippen LogP contribution in [0.4, 0.5) is 0 Å². The van der Waals surface area contributed by atoms with Crippen molar-refractivity contribution in [2.24, 2.45) is 23.7 Å². The Hall–Kier alpha value is -0.520. The zero-order chi connectivity index (χ0) is 11.0. The Morgan fingerprint density at radius 1 is 1.20 bits per heavy atom. The van der Waals surface area contributed by atoms with E-state index in [0.717, 1.165) is 23.7 Å². The van der Waals surface area contributed by atoms with Gasteiger partial charge in [-0.3, -0.25) is 0 Å². The molecule has 0 amide bonds. The zero-order valence-electron chi connectivity index (χ0n) is 10.6. The quantitative estimate of drug-likeness (QED) is 0.548. The Morgan fingerprint density at radius 2 is 1.93 bits per heavy atom. The lowest BCUT2D eigenvalue weighted by molar-refractivity contribution is 0.277. The molecule has 0 heteroatoms. The van der Waals surface area contributed by atoms with Gasteiger partial charge in [0.25, 0.3) is 0 Å². The van der Waals surface area contributed by atoms with E-state index in [9.17, 15) is 0 Å². The molecule has 84 valence electrons. The SMILES string of the molecule is CC(C)=C[C@@H]1C2=CC[C@H](C)[C@H]2CC[C@@H]1C. The number of rotatable bonds is 1. The highest BCUT2D eigenvalue weighted by atomic mass is 14.4. The fraction of sp³-hybridized carbons (Fsp3) is 0.733. The average Bonchev–Trinajstić information content (AvgIpc) is 2.52. The van der Waals surface area contributed by atoms with Gasteiger partial charge in [0.05, 0.1) is 0 Å². The summed E-state index contributed by atoms with van der Waals surface area (Å²) in [4.78, 5) is 0. The highest BCUT2D eigenvalue weighted by Gasteiger charge is 2.36. The summed E-state index contributed by atoms with van der Waals surface area (Å²) in [7, 11) is 0. The van der Waals surface area contributed by atoms with Crippen LogP contribution < -0.4 is 0 Å². The third kappa shape index (κ3) is 2.04. The van der Waals surface area contributed by atoms with Crippen molar-refractivity contribution in [2.75, 3.05) is 0 Å². The van der Waals surface area contributed by atoms with Crippen LogP contribution in [-0.4, -0.2) is 0 Å². The molecule has 0 aromatic carbocycles. The molecule has 4 atom stereocenters. The zero-order valence-corrected chi connectivity index (χ0v) is 10.6. The van der Waals surface area contributed by atoms with Gasteiger partial charge in [-0.15, -0.1) is 0 Å². The van der Waals surface area contributed by atoms with Gasteiger partial charge in [-0.2, -0.15) is 0 Å². The Labute approximate surface area is 94.5 Å². The summed E-state index contributed by atoms with van der Waals surface area (Å²) in [6.45, 7) is 9.30. The first-order chi connectivity index (χ1) is 7.09. The molecule has 0 nitrogen and oxygen atoms in total. The predicted molar refractivity (Wildman–Crippen MR) is 66.7 cm³/mol. The van der Waals surface area contributed by atoms with Crippen molar-refractivity contribution in [3.05, 3.63) is 23.3 Å². The minimum atomic E-state index is 0.749. The van der Waals surface area contributed by atoms with Gasteiger partial charge >= 0.3 is 0 Å². The van der Waals surface area contributed by atoms with Crippen LogP contribution in [0.25, 0.3) is 0 Å². The van der Waals surface area contributed by atoms with Crippen molar-refractivity contribution in [1.82, 2.24) is 0 Å². The maximum atomic E-state index is 2.54. The number of hydrogen-bond acceptors (Lipinski definition) is 0. The summed E-state index contributed by atoms with van der Waals surface area (Å²) in [6.07, 6.45) is 9.21. The molecule has 1 saturated carbocycles. The Morgan fingerprint density at radius 3 is 2.60 bits per heavy atom. The van der Waals surface area contributed by atoms with E-state index in [1.54, 1.807) is 5.57 Å². The van der Waals surface area contributed by atoms with E-state index in [-0.39, 0.29) is 0 Å². The van der Waals surface area contributed by atoms with Gasteiger partial charge in [0, 0.05) is 5.92 Å². The first-order valence-corrected chi connectivity index (χ1v) is 6.44. The van der Waals surface area contributed by atoms with Gasteiger partial charge in [-0.1, -0.05) is 37.1 Å². The van der Waals surface area contributed by atoms with Gasteiger partial charge in [-0.25, -0.2) is 0 Å². The average molecular weight is 204 g/mol. The Bertz CT molecular complexity index is 291. The molecule has 0 heterocycles. The van der Waals surface area contributed by atoms with Crippen LogP contribution in [0.1, 0.15) is 47.0 Å². The summed E-state index contributed by atoms with van der Waals surface area (Å²) in [5.74, 6) is 3.41. The van der Waals surface area contributed by atoms with E-state index in [1.165, 1.54) is 24.8 Å². The van der Waals surface area contributed by atoms with Crippen molar-refractivity contribution in [3.63, 3.8) is 0 Å². The number of hydrogen-bond donors (Lipinski definition) is 0. The highest BCUT2D eigenvalue weighted by molar-refractivity contribution is 5.26. The molecular formula is C15H24. The maximum Gasteiger partial charge on any atom is 0.000773 e. The van der Waals surface area contributed by atoms with Crippen molar-refractivity contribution in [3.8, 4) is 0 Å². The smallest absolute Gasteiger partial charge is 0.000773 e. The van der Waals surface area contributed by atoms with E-state index in [0.29, 0.717) is 0 Å². The second-order valence-electron chi connectivity index (χ2n) is 5.85. The van der Waals surface area contributed by atoms with Crippen molar-refractivity contribution in [2.45, 2.75) is 47.0 Å². The van der Waals surface area contributed by atoms with E-state index in [1.807, 2.05) is 0 Å². The van der Waals surface area contributed by atoms with Crippen molar-refractivity contribution < 1.29 is 0 Å². The molecule has 0 unspecified atom stereocenters. The minimum absolute atomic E-state index is 0.749. The maximum absolute atomic E-state index is 2.54. The van der Waals surface area contributed by atoms with Gasteiger partial charge in [0.15, 0.2) is 0 Å². The third-order valence-corrected chi connectivity index (χ3v) is 4.28. The molecule has 15 heavy (non-hydrogen) atoms.